The van der Waals surface area contributed by atoms with Crippen molar-refractivity contribution in [3.63, 3.8) is 0 Å². The van der Waals surface area contributed by atoms with Crippen LogP contribution in [0, 0.1) is 0 Å². The van der Waals surface area contributed by atoms with Crippen molar-refractivity contribution in [1.82, 2.24) is 5.48 Å². The highest BCUT2D eigenvalue weighted by Gasteiger charge is 2.17. The Morgan fingerprint density at radius 2 is 1.32 bits per heavy atom. The standard InChI is InChI=1S/C18H23N3O/c1-15(19-22)16-7-9-18(10-8-16)21-13-11-20(12-14-21)17-5-3-2-4-6-17/h2-10,15,19,22H,11-14H2,1H3/t15-/m0/s1. The smallest absolute Gasteiger partial charge is 0.0540 e. The molecule has 1 saturated heterocycles. The van der Waals surface area contributed by atoms with E-state index in [0.717, 1.165) is 31.7 Å². The van der Waals surface area contributed by atoms with Gasteiger partial charge in [0, 0.05) is 37.6 Å². The van der Waals surface area contributed by atoms with Crippen molar-refractivity contribution in [2.24, 2.45) is 0 Å². The van der Waals surface area contributed by atoms with Gasteiger partial charge in [-0.05, 0) is 36.8 Å². The predicted octanol–water partition coefficient (Wildman–Crippen LogP) is 3.05. The summed E-state index contributed by atoms with van der Waals surface area (Å²) < 4.78 is 0. The molecule has 0 spiro atoms. The lowest BCUT2D eigenvalue weighted by Crippen LogP contribution is -2.46. The van der Waals surface area contributed by atoms with Crippen LogP contribution in [0.1, 0.15) is 18.5 Å². The van der Waals surface area contributed by atoms with Crippen molar-refractivity contribution >= 4 is 11.4 Å². The van der Waals surface area contributed by atoms with E-state index in [-0.39, 0.29) is 6.04 Å². The second kappa shape index (κ2) is 6.81. The molecule has 1 aliphatic heterocycles. The number of rotatable bonds is 4. The summed E-state index contributed by atoms with van der Waals surface area (Å²) in [6.45, 7) is 6.08. The number of hydrogen-bond donors (Lipinski definition) is 2. The van der Waals surface area contributed by atoms with Gasteiger partial charge in [0.1, 0.15) is 0 Å². The molecule has 1 fully saturated rings. The Kier molecular flexibility index (Phi) is 4.61. The van der Waals surface area contributed by atoms with Crippen molar-refractivity contribution in [3.8, 4) is 0 Å². The van der Waals surface area contributed by atoms with Crippen LogP contribution in [0.15, 0.2) is 54.6 Å². The SMILES string of the molecule is C[C@H](NO)c1ccc(N2CCN(c3ccccc3)CC2)cc1. The van der Waals surface area contributed by atoms with Crippen LogP contribution in [0.4, 0.5) is 11.4 Å². The molecule has 4 heteroatoms. The van der Waals surface area contributed by atoms with E-state index < -0.39 is 0 Å². The predicted molar refractivity (Wildman–Crippen MR) is 90.6 cm³/mol. The van der Waals surface area contributed by atoms with E-state index in [1.165, 1.54) is 11.4 Å². The topological polar surface area (TPSA) is 38.7 Å². The maximum absolute atomic E-state index is 8.98. The maximum Gasteiger partial charge on any atom is 0.0540 e. The lowest BCUT2D eigenvalue weighted by Gasteiger charge is -2.37. The summed E-state index contributed by atoms with van der Waals surface area (Å²) in [6.07, 6.45) is 0. The molecular weight excluding hydrogens is 274 g/mol. The monoisotopic (exact) mass is 297 g/mol. The van der Waals surface area contributed by atoms with E-state index in [0.29, 0.717) is 0 Å². The maximum atomic E-state index is 8.98. The van der Waals surface area contributed by atoms with Crippen molar-refractivity contribution in [2.75, 3.05) is 36.0 Å². The van der Waals surface area contributed by atoms with Crippen LogP contribution in [0.3, 0.4) is 0 Å². The zero-order valence-corrected chi connectivity index (χ0v) is 12.9. The molecule has 1 atom stereocenters. The van der Waals surface area contributed by atoms with Gasteiger partial charge in [0.25, 0.3) is 0 Å². The van der Waals surface area contributed by atoms with Crippen molar-refractivity contribution in [3.05, 3.63) is 60.2 Å². The zero-order chi connectivity index (χ0) is 15.4. The molecule has 0 amide bonds. The number of anilines is 2. The molecule has 2 N–H and O–H groups in total. The fourth-order valence-corrected chi connectivity index (χ4v) is 2.91. The first-order valence-electron chi connectivity index (χ1n) is 7.82. The number of nitrogens with one attached hydrogen (secondary N) is 1. The van der Waals surface area contributed by atoms with Crippen molar-refractivity contribution < 1.29 is 5.21 Å². The number of benzene rings is 2. The van der Waals surface area contributed by atoms with Gasteiger partial charge >= 0.3 is 0 Å². The third-order valence-corrected chi connectivity index (χ3v) is 4.35. The quantitative estimate of drug-likeness (QED) is 0.851. The fraction of sp³-hybridized carbons (Fsp3) is 0.333. The summed E-state index contributed by atoms with van der Waals surface area (Å²) in [5, 5.41) is 8.98. The zero-order valence-electron chi connectivity index (χ0n) is 12.9. The molecule has 0 aromatic heterocycles. The summed E-state index contributed by atoms with van der Waals surface area (Å²) in [6, 6.07) is 19.0. The number of hydrogen-bond acceptors (Lipinski definition) is 4. The lowest BCUT2D eigenvalue weighted by atomic mass is 10.1. The van der Waals surface area contributed by atoms with Gasteiger partial charge < -0.3 is 15.0 Å². The number of nitrogens with zero attached hydrogens (tertiary/aromatic N) is 2. The van der Waals surface area contributed by atoms with Gasteiger partial charge in [-0.25, -0.2) is 0 Å². The Hall–Kier alpha value is -2.04. The van der Waals surface area contributed by atoms with Crippen LogP contribution in [0.2, 0.25) is 0 Å². The molecule has 0 unspecified atom stereocenters. The minimum absolute atomic E-state index is 0.0380. The molecule has 1 heterocycles. The first-order chi connectivity index (χ1) is 10.8. The van der Waals surface area contributed by atoms with Crippen LogP contribution >= 0.6 is 0 Å². The molecule has 0 bridgehead atoms. The van der Waals surface area contributed by atoms with Crippen LogP contribution < -0.4 is 15.3 Å². The van der Waals surface area contributed by atoms with Gasteiger partial charge in [0.15, 0.2) is 0 Å². The Labute approximate surface area is 131 Å². The largest absolute Gasteiger partial charge is 0.368 e. The average Bonchev–Trinajstić information content (AvgIpc) is 2.62. The average molecular weight is 297 g/mol. The third kappa shape index (κ3) is 3.24. The van der Waals surface area contributed by atoms with Gasteiger partial charge in [-0.15, -0.1) is 0 Å². The van der Waals surface area contributed by atoms with Gasteiger partial charge in [0.05, 0.1) is 6.04 Å². The van der Waals surface area contributed by atoms with Gasteiger partial charge in [-0.1, -0.05) is 30.3 Å². The summed E-state index contributed by atoms with van der Waals surface area (Å²) in [5.41, 5.74) is 5.93. The van der Waals surface area contributed by atoms with E-state index in [9.17, 15) is 0 Å². The molecule has 0 radical (unpaired) electrons. The summed E-state index contributed by atoms with van der Waals surface area (Å²) in [7, 11) is 0. The minimum atomic E-state index is -0.0380. The second-order valence-corrected chi connectivity index (χ2v) is 5.75. The van der Waals surface area contributed by atoms with E-state index in [4.69, 9.17) is 5.21 Å². The highest BCUT2D eigenvalue weighted by Crippen LogP contribution is 2.22. The van der Waals surface area contributed by atoms with Crippen LogP contribution in [-0.2, 0) is 0 Å². The Bertz CT molecular complexity index is 577. The molecule has 0 saturated carbocycles. The Morgan fingerprint density at radius 1 is 0.818 bits per heavy atom. The number of para-hydroxylation sites is 1. The van der Waals surface area contributed by atoms with Crippen LogP contribution in [0.25, 0.3) is 0 Å². The highest BCUT2D eigenvalue weighted by molar-refractivity contribution is 5.52. The van der Waals surface area contributed by atoms with Gasteiger partial charge in [0.2, 0.25) is 0 Å². The molecule has 4 nitrogen and oxygen atoms in total. The summed E-state index contributed by atoms with van der Waals surface area (Å²) in [5.74, 6) is 0. The molecule has 3 rings (SSSR count). The molecule has 2 aromatic carbocycles. The number of piperazine rings is 1. The van der Waals surface area contributed by atoms with Crippen molar-refractivity contribution in [2.45, 2.75) is 13.0 Å². The first-order valence-corrected chi connectivity index (χ1v) is 7.82. The first kappa shape index (κ1) is 14.9. The molecule has 22 heavy (non-hydrogen) atoms. The molecular formula is C18H23N3O. The second-order valence-electron chi connectivity index (χ2n) is 5.75. The molecule has 1 aliphatic rings. The summed E-state index contributed by atoms with van der Waals surface area (Å²) >= 11 is 0. The van der Waals surface area contributed by atoms with E-state index in [2.05, 4.69) is 69.9 Å². The Balaban J connectivity index is 1.61. The van der Waals surface area contributed by atoms with Crippen molar-refractivity contribution in [1.29, 1.82) is 0 Å². The Morgan fingerprint density at radius 3 is 1.82 bits per heavy atom. The molecule has 0 aliphatic carbocycles. The summed E-state index contributed by atoms with van der Waals surface area (Å²) in [4.78, 5) is 4.85. The fourth-order valence-electron chi connectivity index (χ4n) is 2.91. The van der Waals surface area contributed by atoms with Gasteiger partial charge in [-0.2, -0.15) is 5.48 Å². The van der Waals surface area contributed by atoms with E-state index in [1.54, 1.807) is 0 Å². The highest BCUT2D eigenvalue weighted by atomic mass is 16.5. The molecule has 116 valence electrons. The lowest BCUT2D eigenvalue weighted by molar-refractivity contribution is 0.133. The molecule has 2 aromatic rings. The van der Waals surface area contributed by atoms with Gasteiger partial charge in [-0.3, -0.25) is 0 Å². The third-order valence-electron chi connectivity index (χ3n) is 4.35. The van der Waals surface area contributed by atoms with Crippen LogP contribution in [-0.4, -0.2) is 31.4 Å². The normalized spacial score (nSPS) is 16.6. The van der Waals surface area contributed by atoms with Crippen LogP contribution in [0.5, 0.6) is 0 Å². The van der Waals surface area contributed by atoms with E-state index in [1.807, 2.05) is 6.92 Å². The minimum Gasteiger partial charge on any atom is -0.368 e. The number of hydroxylamine groups is 1. The van der Waals surface area contributed by atoms with E-state index >= 15 is 0 Å².